The number of fused-ring (bicyclic) bond motifs is 1. The van der Waals surface area contributed by atoms with Crippen LogP contribution in [0, 0.1) is 0 Å². The van der Waals surface area contributed by atoms with Gasteiger partial charge in [-0.1, -0.05) is 12.1 Å². The summed E-state index contributed by atoms with van der Waals surface area (Å²) in [4.78, 5) is 28.3. The van der Waals surface area contributed by atoms with Gasteiger partial charge in [0.15, 0.2) is 11.6 Å². The highest BCUT2D eigenvalue weighted by atomic mass is 16.3. The summed E-state index contributed by atoms with van der Waals surface area (Å²) >= 11 is 0. The zero-order valence-corrected chi connectivity index (χ0v) is 16.3. The van der Waals surface area contributed by atoms with Crippen molar-refractivity contribution in [2.24, 2.45) is 0 Å². The summed E-state index contributed by atoms with van der Waals surface area (Å²) in [6.45, 7) is 1.54. The van der Waals surface area contributed by atoms with Gasteiger partial charge >= 0.3 is 0 Å². The normalized spacial score (nSPS) is 11.1. The van der Waals surface area contributed by atoms with Gasteiger partial charge in [0.05, 0.1) is 17.6 Å². The summed E-state index contributed by atoms with van der Waals surface area (Å²) in [6.07, 6.45) is 4.23. The summed E-state index contributed by atoms with van der Waals surface area (Å²) in [7, 11) is 0. The summed E-state index contributed by atoms with van der Waals surface area (Å²) in [5, 5.41) is 15.7. The van der Waals surface area contributed by atoms with E-state index >= 15 is 0 Å². The minimum atomic E-state index is -0.382. The number of aromatic amines is 1. The molecular weight excluding hydrogens is 384 g/mol. The van der Waals surface area contributed by atoms with Crippen LogP contribution in [0.3, 0.4) is 0 Å². The number of imidazole rings is 1. The number of benzene rings is 1. The lowest BCUT2D eigenvalue weighted by molar-refractivity contribution is 0.0945. The molecule has 0 fully saturated rings. The predicted octanol–water partition coefficient (Wildman–Crippen LogP) is 1.96. The standard InChI is InChI=1S/C21H22N6O3/c28-18-6-3-9-23-16(18)12-24-21(29)17-13-30-20(27-17)8-11-22-10-7-19-25-14-4-1-2-5-15(14)26-19/h1-6,9,13,22,28H,7-8,10-12H2,(H,24,29)(H,25,26). The Kier molecular flexibility index (Phi) is 6.00. The Bertz CT molecular complexity index is 1100. The molecule has 0 aliphatic carbocycles. The minimum Gasteiger partial charge on any atom is -0.506 e. The molecule has 154 valence electrons. The molecule has 9 heteroatoms. The molecule has 9 nitrogen and oxygen atoms in total. The van der Waals surface area contributed by atoms with Gasteiger partial charge in [-0.2, -0.15) is 0 Å². The van der Waals surface area contributed by atoms with E-state index in [0.29, 0.717) is 24.6 Å². The summed E-state index contributed by atoms with van der Waals surface area (Å²) in [5.74, 6) is 1.08. The third kappa shape index (κ3) is 4.81. The Hall–Kier alpha value is -3.72. The maximum atomic E-state index is 12.2. The lowest BCUT2D eigenvalue weighted by Gasteiger charge is -2.04. The Morgan fingerprint density at radius 1 is 1.10 bits per heavy atom. The topological polar surface area (TPSA) is 129 Å². The molecule has 3 heterocycles. The van der Waals surface area contributed by atoms with E-state index in [4.69, 9.17) is 4.42 Å². The number of para-hydroxylation sites is 2. The first-order valence-electron chi connectivity index (χ1n) is 9.69. The molecule has 4 rings (SSSR count). The summed E-state index contributed by atoms with van der Waals surface area (Å²) < 4.78 is 5.37. The second kappa shape index (κ2) is 9.19. The van der Waals surface area contributed by atoms with Crippen molar-refractivity contribution in [2.75, 3.05) is 13.1 Å². The first kappa shape index (κ1) is 19.6. The number of pyridine rings is 1. The Labute approximate surface area is 172 Å². The molecular formula is C21H22N6O3. The van der Waals surface area contributed by atoms with Crippen LogP contribution in [0.4, 0.5) is 0 Å². The van der Waals surface area contributed by atoms with Crippen LogP contribution in [0.15, 0.2) is 53.3 Å². The van der Waals surface area contributed by atoms with Gasteiger partial charge in [-0.05, 0) is 24.3 Å². The van der Waals surface area contributed by atoms with Crippen molar-refractivity contribution < 1.29 is 14.3 Å². The minimum absolute atomic E-state index is 0.0346. The number of aromatic nitrogens is 4. The van der Waals surface area contributed by atoms with E-state index in [0.717, 1.165) is 29.8 Å². The number of hydrogen-bond donors (Lipinski definition) is 4. The molecule has 0 unspecified atom stereocenters. The largest absolute Gasteiger partial charge is 0.506 e. The van der Waals surface area contributed by atoms with Crippen molar-refractivity contribution in [1.29, 1.82) is 0 Å². The predicted molar refractivity (Wildman–Crippen MR) is 110 cm³/mol. The fourth-order valence-corrected chi connectivity index (χ4v) is 3.00. The average molecular weight is 406 g/mol. The van der Waals surface area contributed by atoms with Gasteiger partial charge in [0.25, 0.3) is 5.91 Å². The second-order valence-corrected chi connectivity index (χ2v) is 6.73. The van der Waals surface area contributed by atoms with E-state index < -0.39 is 0 Å². The summed E-state index contributed by atoms with van der Waals surface area (Å²) in [5.41, 5.74) is 2.60. The average Bonchev–Trinajstić information content (AvgIpc) is 3.39. The quantitative estimate of drug-likeness (QED) is 0.313. The zero-order chi connectivity index (χ0) is 20.8. The molecule has 0 bridgehead atoms. The van der Waals surface area contributed by atoms with E-state index in [2.05, 4.69) is 30.6 Å². The van der Waals surface area contributed by atoms with Gasteiger partial charge in [-0.15, -0.1) is 0 Å². The maximum Gasteiger partial charge on any atom is 0.273 e. The summed E-state index contributed by atoms with van der Waals surface area (Å²) in [6, 6.07) is 11.1. The zero-order valence-electron chi connectivity index (χ0n) is 16.3. The van der Waals surface area contributed by atoms with Crippen LogP contribution >= 0.6 is 0 Å². The lowest BCUT2D eigenvalue weighted by Crippen LogP contribution is -2.24. The number of carbonyl (C=O) groups excluding carboxylic acids is 1. The van der Waals surface area contributed by atoms with Crippen molar-refractivity contribution in [3.05, 3.63) is 72.0 Å². The number of oxazole rings is 1. The molecule has 0 saturated heterocycles. The number of nitrogens with zero attached hydrogens (tertiary/aromatic N) is 3. The monoisotopic (exact) mass is 406 g/mol. The molecule has 0 radical (unpaired) electrons. The van der Waals surface area contributed by atoms with Crippen LogP contribution in [-0.2, 0) is 19.4 Å². The van der Waals surface area contributed by atoms with Crippen LogP contribution in [0.1, 0.15) is 27.9 Å². The maximum absolute atomic E-state index is 12.2. The molecule has 4 aromatic rings. The SMILES string of the molecule is O=C(NCc1ncccc1O)c1coc(CCNCCc2nc3ccccc3[nH]2)n1. The van der Waals surface area contributed by atoms with Gasteiger partial charge in [0, 0.05) is 32.1 Å². The van der Waals surface area contributed by atoms with Crippen LogP contribution in [-0.4, -0.2) is 44.0 Å². The van der Waals surface area contributed by atoms with Crippen molar-refractivity contribution >= 4 is 16.9 Å². The van der Waals surface area contributed by atoms with Gasteiger partial charge in [0.1, 0.15) is 23.5 Å². The van der Waals surface area contributed by atoms with Crippen LogP contribution < -0.4 is 10.6 Å². The first-order valence-corrected chi connectivity index (χ1v) is 9.69. The van der Waals surface area contributed by atoms with Crippen molar-refractivity contribution in [3.63, 3.8) is 0 Å². The molecule has 1 amide bonds. The van der Waals surface area contributed by atoms with E-state index in [1.54, 1.807) is 12.3 Å². The molecule has 0 saturated carbocycles. The van der Waals surface area contributed by atoms with Crippen LogP contribution in [0.2, 0.25) is 0 Å². The third-order valence-corrected chi connectivity index (χ3v) is 4.56. The van der Waals surface area contributed by atoms with Crippen molar-refractivity contribution in [1.82, 2.24) is 30.6 Å². The highest BCUT2D eigenvalue weighted by Crippen LogP contribution is 2.12. The number of aromatic hydroxyl groups is 1. The lowest BCUT2D eigenvalue weighted by atomic mass is 10.3. The number of hydrogen-bond acceptors (Lipinski definition) is 7. The Morgan fingerprint density at radius 2 is 1.97 bits per heavy atom. The van der Waals surface area contributed by atoms with Gasteiger partial charge in [-0.25, -0.2) is 9.97 Å². The number of carbonyl (C=O) groups is 1. The smallest absolute Gasteiger partial charge is 0.273 e. The number of rotatable bonds is 9. The molecule has 30 heavy (non-hydrogen) atoms. The van der Waals surface area contributed by atoms with Gasteiger partial charge < -0.3 is 25.1 Å². The number of H-pyrrole nitrogens is 1. The molecule has 0 aliphatic heterocycles. The van der Waals surface area contributed by atoms with Crippen LogP contribution in [0.25, 0.3) is 11.0 Å². The van der Waals surface area contributed by atoms with Gasteiger partial charge in [-0.3, -0.25) is 9.78 Å². The van der Waals surface area contributed by atoms with Gasteiger partial charge in [0.2, 0.25) is 0 Å². The Balaban J connectivity index is 1.19. The van der Waals surface area contributed by atoms with Crippen LogP contribution in [0.5, 0.6) is 5.75 Å². The van der Waals surface area contributed by atoms with E-state index in [1.807, 2.05) is 24.3 Å². The number of nitrogens with one attached hydrogen (secondary N) is 3. The van der Waals surface area contributed by atoms with E-state index in [9.17, 15) is 9.90 Å². The highest BCUT2D eigenvalue weighted by Gasteiger charge is 2.13. The third-order valence-electron chi connectivity index (χ3n) is 4.56. The molecule has 4 N–H and O–H groups in total. The molecule has 0 aliphatic rings. The number of amides is 1. The molecule has 0 atom stereocenters. The van der Waals surface area contributed by atoms with E-state index in [1.165, 1.54) is 12.3 Å². The molecule has 1 aromatic carbocycles. The van der Waals surface area contributed by atoms with Crippen molar-refractivity contribution in [3.8, 4) is 5.75 Å². The molecule has 0 spiro atoms. The fraction of sp³-hybridized carbons (Fsp3) is 0.238. The fourth-order valence-electron chi connectivity index (χ4n) is 3.00. The first-order chi connectivity index (χ1) is 14.7. The highest BCUT2D eigenvalue weighted by molar-refractivity contribution is 5.91. The Morgan fingerprint density at radius 3 is 2.83 bits per heavy atom. The second-order valence-electron chi connectivity index (χ2n) is 6.73. The van der Waals surface area contributed by atoms with Crippen molar-refractivity contribution in [2.45, 2.75) is 19.4 Å². The molecule has 3 aromatic heterocycles. The van der Waals surface area contributed by atoms with E-state index in [-0.39, 0.29) is 23.9 Å².